The molecule has 2 aliphatic heterocycles. The van der Waals surface area contributed by atoms with Gasteiger partial charge in [-0.25, -0.2) is 14.1 Å². The number of anilines is 1. The van der Waals surface area contributed by atoms with E-state index in [1.165, 1.54) is 16.8 Å². The van der Waals surface area contributed by atoms with E-state index in [-0.39, 0.29) is 33.8 Å². The number of ether oxygens (including phenoxy) is 3. The zero-order chi connectivity index (χ0) is 28.1. The Labute approximate surface area is 232 Å². The van der Waals surface area contributed by atoms with Gasteiger partial charge < -0.3 is 29.3 Å². The van der Waals surface area contributed by atoms with Gasteiger partial charge >= 0.3 is 7.60 Å². The fourth-order valence-corrected chi connectivity index (χ4v) is 6.89. The number of halogens is 2. The number of pyridine rings is 1. The normalized spacial score (nSPS) is 25.0. The molecule has 1 aromatic carbocycles. The van der Waals surface area contributed by atoms with Gasteiger partial charge in [0.25, 0.3) is 0 Å². The second-order valence-electron chi connectivity index (χ2n) is 9.80. The summed E-state index contributed by atoms with van der Waals surface area (Å²) in [5.41, 5.74) is 1.34. The van der Waals surface area contributed by atoms with E-state index in [4.69, 9.17) is 25.8 Å². The van der Waals surface area contributed by atoms with Gasteiger partial charge in [-0.1, -0.05) is 23.7 Å². The molecule has 2 fully saturated rings. The van der Waals surface area contributed by atoms with Crippen molar-refractivity contribution in [1.29, 1.82) is 5.26 Å². The summed E-state index contributed by atoms with van der Waals surface area (Å²) in [5, 5.41) is 18.1. The summed E-state index contributed by atoms with van der Waals surface area (Å²) in [7, 11) is -4.19. The topological polar surface area (TPSA) is 152 Å². The van der Waals surface area contributed by atoms with Crippen LogP contribution in [-0.2, 0) is 18.8 Å². The van der Waals surface area contributed by atoms with Gasteiger partial charge in [0.15, 0.2) is 22.8 Å². The first kappa shape index (κ1) is 28.3. The van der Waals surface area contributed by atoms with Crippen LogP contribution in [0.2, 0.25) is 5.15 Å². The van der Waals surface area contributed by atoms with Crippen LogP contribution in [-0.4, -0.2) is 59.9 Å². The van der Waals surface area contributed by atoms with Gasteiger partial charge in [0.05, 0.1) is 28.9 Å². The number of fused-ring (bicyclic) bond motifs is 2. The highest BCUT2D eigenvalue weighted by Crippen LogP contribution is 2.46. The molecule has 3 aromatic rings. The van der Waals surface area contributed by atoms with Crippen LogP contribution in [0.3, 0.4) is 0 Å². The fourth-order valence-electron chi connectivity index (χ4n) is 4.80. The predicted molar refractivity (Wildman–Crippen MR) is 143 cm³/mol. The minimum Gasteiger partial charge on any atom is -0.377 e. The molecule has 0 bridgehead atoms. The molecular weight excluding hydrogens is 572 g/mol. The van der Waals surface area contributed by atoms with Gasteiger partial charge in [-0.3, -0.25) is 4.57 Å². The third-order valence-electron chi connectivity index (χ3n) is 6.45. The van der Waals surface area contributed by atoms with Crippen LogP contribution in [0.4, 0.5) is 10.1 Å². The predicted octanol–water partition coefficient (Wildman–Crippen LogP) is 4.55. The number of hydrogen-bond donors (Lipinski definition) is 3. The monoisotopic (exact) mass is 597 g/mol. The molecule has 0 radical (unpaired) electrons. The van der Waals surface area contributed by atoms with Gasteiger partial charge in [-0.15, -0.1) is 11.8 Å². The average Bonchev–Trinajstić information content (AvgIpc) is 3.49. The highest BCUT2D eigenvalue weighted by molar-refractivity contribution is 8.04. The first-order valence-corrected chi connectivity index (χ1v) is 15.3. The Balaban J connectivity index is 1.49. The molecular formula is C24H26ClFN5O6PS. The second-order valence-corrected chi connectivity index (χ2v) is 13.3. The second kappa shape index (κ2) is 10.6. The lowest BCUT2D eigenvalue weighted by Gasteiger charge is -2.24. The maximum atomic E-state index is 13.4. The Hall–Kier alpha value is -2.27. The molecule has 208 valence electrons. The van der Waals surface area contributed by atoms with Gasteiger partial charge in [-0.2, -0.15) is 10.4 Å². The number of benzene rings is 1. The molecule has 5 rings (SSSR count). The van der Waals surface area contributed by atoms with E-state index in [1.807, 2.05) is 6.92 Å². The van der Waals surface area contributed by atoms with E-state index in [9.17, 15) is 24.0 Å². The quantitative estimate of drug-likeness (QED) is 0.248. The summed E-state index contributed by atoms with van der Waals surface area (Å²) in [6, 6.07) is 7.81. The Kier molecular flexibility index (Phi) is 7.69. The Morgan fingerprint density at radius 2 is 2.00 bits per heavy atom. The van der Waals surface area contributed by atoms with Crippen LogP contribution >= 0.6 is 31.0 Å². The van der Waals surface area contributed by atoms with Crippen molar-refractivity contribution in [3.05, 3.63) is 52.6 Å². The highest BCUT2D eigenvalue weighted by atomic mass is 35.5. The average molecular weight is 598 g/mol. The SMILES string of the molecule is CC(Nc1c(C#N)c(Cl)nc2c1cnn2[C@@H]1O[C@H](CSCP(=O)(O)O)[C@H]2OC(C)(C)O[C@H]21)c1ccc(F)cc1. The van der Waals surface area contributed by atoms with Gasteiger partial charge in [0, 0.05) is 11.8 Å². The van der Waals surface area contributed by atoms with Crippen molar-refractivity contribution in [1.82, 2.24) is 14.8 Å². The third kappa shape index (κ3) is 5.80. The molecule has 0 aliphatic carbocycles. The van der Waals surface area contributed by atoms with Crippen molar-refractivity contribution in [3.8, 4) is 6.07 Å². The van der Waals surface area contributed by atoms with Crippen molar-refractivity contribution in [2.75, 3.05) is 16.6 Å². The Morgan fingerprint density at radius 1 is 1.31 bits per heavy atom. The zero-order valence-electron chi connectivity index (χ0n) is 21.1. The number of nitrogens with one attached hydrogen (secondary N) is 1. The van der Waals surface area contributed by atoms with E-state index >= 15 is 0 Å². The fraction of sp³-hybridized carbons (Fsp3) is 0.458. The number of nitrogens with zero attached hydrogens (tertiary/aromatic N) is 4. The molecule has 11 nitrogen and oxygen atoms in total. The number of thioether (sulfide) groups is 1. The van der Waals surface area contributed by atoms with E-state index in [1.54, 1.807) is 32.2 Å². The number of aromatic nitrogens is 3. The summed E-state index contributed by atoms with van der Waals surface area (Å²) in [4.78, 5) is 22.9. The van der Waals surface area contributed by atoms with Crippen LogP contribution in [0.1, 0.15) is 44.2 Å². The molecule has 0 saturated carbocycles. The van der Waals surface area contributed by atoms with Crippen LogP contribution in [0.5, 0.6) is 0 Å². The van der Waals surface area contributed by atoms with E-state index in [0.717, 1.165) is 17.3 Å². The first-order valence-electron chi connectivity index (χ1n) is 12.0. The Bertz CT molecular complexity index is 1480. The first-order chi connectivity index (χ1) is 18.4. The molecule has 4 heterocycles. The summed E-state index contributed by atoms with van der Waals surface area (Å²) in [6.45, 7) is 5.42. The molecule has 3 N–H and O–H groups in total. The molecule has 0 amide bonds. The van der Waals surface area contributed by atoms with Crippen molar-refractivity contribution in [2.24, 2.45) is 0 Å². The number of rotatable bonds is 8. The zero-order valence-corrected chi connectivity index (χ0v) is 23.6. The van der Waals surface area contributed by atoms with Crippen LogP contribution in [0.25, 0.3) is 11.0 Å². The lowest BCUT2D eigenvalue weighted by Crippen LogP contribution is -2.31. The minimum absolute atomic E-state index is 0.0345. The van der Waals surface area contributed by atoms with E-state index < -0.39 is 37.9 Å². The summed E-state index contributed by atoms with van der Waals surface area (Å²) < 4.78 is 44.8. The van der Waals surface area contributed by atoms with Crippen molar-refractivity contribution < 1.29 is 33.0 Å². The summed E-state index contributed by atoms with van der Waals surface area (Å²) in [5.74, 6) is -1.01. The molecule has 15 heteroatoms. The van der Waals surface area contributed by atoms with Gasteiger partial charge in [-0.05, 0) is 38.5 Å². The molecule has 2 aromatic heterocycles. The van der Waals surface area contributed by atoms with Crippen molar-refractivity contribution >= 4 is 47.7 Å². The molecule has 2 aliphatic rings. The smallest absolute Gasteiger partial charge is 0.335 e. The maximum Gasteiger partial charge on any atom is 0.335 e. The van der Waals surface area contributed by atoms with Crippen LogP contribution in [0, 0.1) is 17.1 Å². The van der Waals surface area contributed by atoms with E-state index in [2.05, 4.69) is 21.5 Å². The lowest BCUT2D eigenvalue weighted by atomic mass is 10.1. The van der Waals surface area contributed by atoms with Crippen LogP contribution < -0.4 is 5.32 Å². The molecule has 2 saturated heterocycles. The summed E-state index contributed by atoms with van der Waals surface area (Å²) in [6.07, 6.45) is -0.877. The highest BCUT2D eigenvalue weighted by Gasteiger charge is 2.56. The van der Waals surface area contributed by atoms with Gasteiger partial charge in [0.2, 0.25) is 0 Å². The third-order valence-corrected chi connectivity index (χ3v) is 9.36. The van der Waals surface area contributed by atoms with Crippen LogP contribution in [0.15, 0.2) is 30.5 Å². The standard InChI is InChI=1S/C24H26ClFN5O6PS/c1-12(13-4-6-14(26)7-5-13)29-18-15(8-27)21(25)30-22-16(18)9-28-31(22)23-20-19(36-24(2,3)37-20)17(35-23)10-39-11-38(32,33)34/h4-7,9,12,17,19-20,23H,10-11H2,1-3H3,(H,29,30)(H2,32,33,34)/t12?,17-,19-,20-,23-/m1/s1. The molecule has 1 unspecified atom stereocenters. The largest absolute Gasteiger partial charge is 0.377 e. The maximum absolute atomic E-state index is 13.4. The number of hydrogen-bond acceptors (Lipinski definition) is 9. The van der Waals surface area contributed by atoms with Gasteiger partial charge in [0.1, 0.15) is 29.7 Å². The molecule has 5 atom stereocenters. The molecule has 0 spiro atoms. The summed E-state index contributed by atoms with van der Waals surface area (Å²) >= 11 is 7.52. The molecule has 39 heavy (non-hydrogen) atoms. The van der Waals surface area contributed by atoms with E-state index in [0.29, 0.717) is 16.7 Å². The van der Waals surface area contributed by atoms with Crippen molar-refractivity contribution in [3.63, 3.8) is 0 Å². The Morgan fingerprint density at radius 3 is 2.67 bits per heavy atom. The lowest BCUT2D eigenvalue weighted by molar-refractivity contribution is -0.195. The number of nitriles is 1. The minimum atomic E-state index is -4.19. The van der Waals surface area contributed by atoms with Crippen molar-refractivity contribution in [2.45, 2.75) is 57.1 Å².